The van der Waals surface area contributed by atoms with E-state index in [9.17, 15) is 0 Å². The smallest absolute Gasteiger partial charge is 0.128 e. The van der Waals surface area contributed by atoms with Gasteiger partial charge in [0.1, 0.15) is 18.0 Å². The van der Waals surface area contributed by atoms with Gasteiger partial charge in [-0.3, -0.25) is 0 Å². The van der Waals surface area contributed by atoms with Crippen LogP contribution in [0.25, 0.3) is 0 Å². The van der Waals surface area contributed by atoms with Crippen LogP contribution in [-0.4, -0.2) is 31.9 Å². The molecule has 0 radical (unpaired) electrons. The Morgan fingerprint density at radius 1 is 1.29 bits per heavy atom. The van der Waals surface area contributed by atoms with Crippen LogP contribution in [0.4, 0.5) is 0 Å². The van der Waals surface area contributed by atoms with Gasteiger partial charge in [-0.15, -0.1) is 0 Å². The summed E-state index contributed by atoms with van der Waals surface area (Å²) in [6.07, 6.45) is 2.42. The zero-order valence-electron chi connectivity index (χ0n) is 10.6. The number of para-hydroxylation sites is 1. The molecule has 1 aliphatic rings. The molecule has 0 aromatic heterocycles. The van der Waals surface area contributed by atoms with Gasteiger partial charge in [0.2, 0.25) is 0 Å². The van der Waals surface area contributed by atoms with Crippen molar-refractivity contribution in [2.75, 3.05) is 13.7 Å². The lowest BCUT2D eigenvalue weighted by Crippen LogP contribution is -2.60. The lowest BCUT2D eigenvalue weighted by Gasteiger charge is -2.43. The van der Waals surface area contributed by atoms with Crippen LogP contribution < -0.4 is 10.1 Å². The molecule has 0 amide bonds. The lowest BCUT2D eigenvalue weighted by molar-refractivity contribution is -0.106. The molecule has 0 spiro atoms. The molecule has 0 bridgehead atoms. The van der Waals surface area contributed by atoms with Crippen LogP contribution in [0.1, 0.15) is 19.8 Å². The topological polar surface area (TPSA) is 30.5 Å². The van der Waals surface area contributed by atoms with Crippen molar-refractivity contribution in [3.05, 3.63) is 30.3 Å². The summed E-state index contributed by atoms with van der Waals surface area (Å²) < 4.78 is 11.8. The van der Waals surface area contributed by atoms with Crippen LogP contribution in [0.3, 0.4) is 0 Å². The van der Waals surface area contributed by atoms with Gasteiger partial charge < -0.3 is 14.8 Å². The van der Waals surface area contributed by atoms with E-state index in [4.69, 9.17) is 9.47 Å². The number of ether oxygens (including phenoxy) is 2. The summed E-state index contributed by atoms with van der Waals surface area (Å²) in [4.78, 5) is 0. The first-order valence-electron chi connectivity index (χ1n) is 6.35. The zero-order valence-corrected chi connectivity index (χ0v) is 10.6. The Labute approximate surface area is 103 Å². The molecule has 17 heavy (non-hydrogen) atoms. The third-order valence-electron chi connectivity index (χ3n) is 3.17. The maximum atomic E-state index is 5.93. The third-order valence-corrected chi connectivity index (χ3v) is 3.17. The van der Waals surface area contributed by atoms with Crippen LogP contribution in [0.5, 0.6) is 5.75 Å². The van der Waals surface area contributed by atoms with E-state index < -0.39 is 0 Å². The summed E-state index contributed by atoms with van der Waals surface area (Å²) in [5.41, 5.74) is 0. The van der Waals surface area contributed by atoms with E-state index in [1.54, 1.807) is 0 Å². The Hall–Kier alpha value is -1.06. The zero-order chi connectivity index (χ0) is 12.1. The van der Waals surface area contributed by atoms with Gasteiger partial charge in [0.05, 0.1) is 0 Å². The Balaban J connectivity index is 1.88. The first-order chi connectivity index (χ1) is 8.35. The van der Waals surface area contributed by atoms with Crippen molar-refractivity contribution in [1.82, 2.24) is 5.32 Å². The number of rotatable bonds is 6. The molecule has 1 aromatic rings. The Morgan fingerprint density at radius 3 is 2.71 bits per heavy atom. The van der Waals surface area contributed by atoms with E-state index in [-0.39, 0.29) is 12.2 Å². The summed E-state index contributed by atoms with van der Waals surface area (Å²) in [6.45, 7) is 2.93. The maximum Gasteiger partial charge on any atom is 0.128 e. The molecule has 3 atom stereocenters. The van der Waals surface area contributed by atoms with E-state index in [0.717, 1.165) is 25.2 Å². The summed E-state index contributed by atoms with van der Waals surface area (Å²) in [5, 5.41) is 3.27. The highest BCUT2D eigenvalue weighted by atomic mass is 16.5. The molecule has 3 heteroatoms. The highest BCUT2D eigenvalue weighted by Crippen LogP contribution is 2.28. The summed E-state index contributed by atoms with van der Waals surface area (Å²) in [5.74, 6) is 0.928. The molecule has 2 rings (SSSR count). The van der Waals surface area contributed by atoms with Gasteiger partial charge in [-0.05, 0) is 25.6 Å². The van der Waals surface area contributed by atoms with Gasteiger partial charge in [-0.1, -0.05) is 25.1 Å². The van der Waals surface area contributed by atoms with Gasteiger partial charge in [0, 0.05) is 19.1 Å². The summed E-state index contributed by atoms with van der Waals surface area (Å²) in [7, 11) is 1.98. The van der Waals surface area contributed by atoms with Crippen molar-refractivity contribution in [3.63, 3.8) is 0 Å². The molecule has 1 fully saturated rings. The normalized spacial score (nSPS) is 27.5. The van der Waals surface area contributed by atoms with Crippen LogP contribution in [0.2, 0.25) is 0 Å². The summed E-state index contributed by atoms with van der Waals surface area (Å²) in [6, 6.07) is 10.4. The molecule has 3 nitrogen and oxygen atoms in total. The molecule has 0 saturated heterocycles. The number of benzene rings is 1. The van der Waals surface area contributed by atoms with E-state index in [0.29, 0.717) is 6.04 Å². The van der Waals surface area contributed by atoms with E-state index in [1.165, 1.54) is 0 Å². The minimum atomic E-state index is 0.181. The molecular formula is C14H21NO2. The fraction of sp³-hybridized carbons (Fsp3) is 0.571. The fourth-order valence-electron chi connectivity index (χ4n) is 2.13. The standard InChI is InChI=1S/C14H21NO2/c1-3-9-16-14-12(15-2)10-13(14)17-11-7-5-4-6-8-11/h4-8,12-15H,3,9-10H2,1-2H3. The molecule has 1 saturated carbocycles. The number of hydrogen-bond acceptors (Lipinski definition) is 3. The van der Waals surface area contributed by atoms with Crippen molar-refractivity contribution in [2.45, 2.75) is 38.0 Å². The van der Waals surface area contributed by atoms with Crippen molar-refractivity contribution >= 4 is 0 Å². The van der Waals surface area contributed by atoms with E-state index in [2.05, 4.69) is 12.2 Å². The van der Waals surface area contributed by atoms with E-state index in [1.807, 2.05) is 37.4 Å². The second-order valence-corrected chi connectivity index (χ2v) is 4.44. The SMILES string of the molecule is CCCOC1C(NC)CC1Oc1ccccc1. The van der Waals surface area contributed by atoms with Gasteiger partial charge in [0.15, 0.2) is 0 Å². The van der Waals surface area contributed by atoms with Gasteiger partial charge >= 0.3 is 0 Å². The van der Waals surface area contributed by atoms with Crippen molar-refractivity contribution in [3.8, 4) is 5.75 Å². The van der Waals surface area contributed by atoms with Crippen LogP contribution in [0.15, 0.2) is 30.3 Å². The molecule has 94 valence electrons. The van der Waals surface area contributed by atoms with Crippen LogP contribution >= 0.6 is 0 Å². The lowest BCUT2D eigenvalue weighted by atomic mass is 9.85. The molecule has 0 aliphatic heterocycles. The Morgan fingerprint density at radius 2 is 2.06 bits per heavy atom. The van der Waals surface area contributed by atoms with Gasteiger partial charge in [0.25, 0.3) is 0 Å². The van der Waals surface area contributed by atoms with E-state index >= 15 is 0 Å². The molecule has 0 heterocycles. The predicted molar refractivity (Wildman–Crippen MR) is 68.4 cm³/mol. The first-order valence-corrected chi connectivity index (χ1v) is 6.35. The highest BCUT2D eigenvalue weighted by molar-refractivity contribution is 5.22. The summed E-state index contributed by atoms with van der Waals surface area (Å²) >= 11 is 0. The number of hydrogen-bond donors (Lipinski definition) is 1. The predicted octanol–water partition coefficient (Wildman–Crippen LogP) is 2.22. The molecule has 3 unspecified atom stereocenters. The van der Waals surface area contributed by atoms with Gasteiger partial charge in [-0.2, -0.15) is 0 Å². The van der Waals surface area contributed by atoms with Gasteiger partial charge in [-0.25, -0.2) is 0 Å². The minimum absolute atomic E-state index is 0.181. The average molecular weight is 235 g/mol. The largest absolute Gasteiger partial charge is 0.488 e. The van der Waals surface area contributed by atoms with Crippen LogP contribution in [0, 0.1) is 0 Å². The molecule has 1 aromatic carbocycles. The quantitative estimate of drug-likeness (QED) is 0.820. The number of likely N-dealkylation sites (N-methyl/N-ethyl adjacent to an activating group) is 1. The van der Waals surface area contributed by atoms with Crippen LogP contribution in [-0.2, 0) is 4.74 Å². The molecule has 1 N–H and O–H groups in total. The highest BCUT2D eigenvalue weighted by Gasteiger charge is 2.42. The molecule has 1 aliphatic carbocycles. The van der Waals surface area contributed by atoms with Crippen molar-refractivity contribution in [2.24, 2.45) is 0 Å². The third kappa shape index (κ3) is 2.99. The monoisotopic (exact) mass is 235 g/mol. The second kappa shape index (κ2) is 6.03. The molecular weight excluding hydrogens is 214 g/mol. The maximum absolute atomic E-state index is 5.93. The van der Waals surface area contributed by atoms with Crippen molar-refractivity contribution in [1.29, 1.82) is 0 Å². The fourth-order valence-corrected chi connectivity index (χ4v) is 2.13. The Kier molecular flexibility index (Phi) is 4.40. The van der Waals surface area contributed by atoms with Crippen molar-refractivity contribution < 1.29 is 9.47 Å². The first kappa shape index (κ1) is 12.4. The minimum Gasteiger partial charge on any atom is -0.488 e. The second-order valence-electron chi connectivity index (χ2n) is 4.44. The number of nitrogens with one attached hydrogen (secondary N) is 1. The average Bonchev–Trinajstić information content (AvgIpc) is 2.35. The Bertz CT molecular complexity index is 328.